The normalized spacial score (nSPS) is 17.7. The molecule has 0 radical (unpaired) electrons. The van der Waals surface area contributed by atoms with E-state index in [9.17, 15) is 13.6 Å². The van der Waals surface area contributed by atoms with Crippen molar-refractivity contribution in [2.24, 2.45) is 5.92 Å². The number of ether oxygens (including phenoxy) is 3. The summed E-state index contributed by atoms with van der Waals surface area (Å²) in [6, 6.07) is 4.88. The van der Waals surface area contributed by atoms with Crippen molar-refractivity contribution in [1.29, 1.82) is 0 Å². The van der Waals surface area contributed by atoms with E-state index in [4.69, 9.17) is 9.47 Å². The lowest BCUT2D eigenvalue weighted by Crippen LogP contribution is -2.22. The molecular formula is C16H21F2NO4. The second-order valence-electron chi connectivity index (χ2n) is 5.54. The van der Waals surface area contributed by atoms with Crippen LogP contribution in [-0.2, 0) is 16.1 Å². The highest BCUT2D eigenvalue weighted by atomic mass is 19.3. The van der Waals surface area contributed by atoms with E-state index in [2.05, 4.69) is 9.64 Å². The number of alkyl halides is 2. The first-order chi connectivity index (χ1) is 11.0. The molecule has 1 aliphatic heterocycles. The number of carbonyl (C=O) groups is 1. The predicted octanol–water partition coefficient (Wildman–Crippen LogP) is 2.68. The maximum atomic E-state index is 12.3. The van der Waals surface area contributed by atoms with Gasteiger partial charge in [0.05, 0.1) is 19.6 Å². The van der Waals surface area contributed by atoms with Crippen molar-refractivity contribution in [3.63, 3.8) is 0 Å². The molecule has 0 bridgehead atoms. The van der Waals surface area contributed by atoms with Gasteiger partial charge in [-0.15, -0.1) is 0 Å². The number of benzene rings is 1. The van der Waals surface area contributed by atoms with Gasteiger partial charge in [0, 0.05) is 6.54 Å². The van der Waals surface area contributed by atoms with Gasteiger partial charge in [0.1, 0.15) is 0 Å². The number of rotatable bonds is 8. The van der Waals surface area contributed by atoms with Gasteiger partial charge >= 0.3 is 12.6 Å². The number of cyclic esters (lactones) is 1. The third-order valence-corrected chi connectivity index (χ3v) is 3.80. The third-order valence-electron chi connectivity index (χ3n) is 3.80. The van der Waals surface area contributed by atoms with Crippen LogP contribution in [0, 0.1) is 5.92 Å². The van der Waals surface area contributed by atoms with E-state index in [0.29, 0.717) is 13.2 Å². The van der Waals surface area contributed by atoms with Crippen LogP contribution in [0.3, 0.4) is 0 Å². The average Bonchev–Trinajstić information content (AvgIpc) is 2.91. The van der Waals surface area contributed by atoms with Crippen molar-refractivity contribution in [3.05, 3.63) is 23.8 Å². The summed E-state index contributed by atoms with van der Waals surface area (Å²) in [6.45, 7) is -1.01. The largest absolute Gasteiger partial charge is 0.493 e. The van der Waals surface area contributed by atoms with Crippen LogP contribution in [-0.4, -0.2) is 44.8 Å². The molecule has 1 atom stereocenters. The highest BCUT2D eigenvalue weighted by Crippen LogP contribution is 2.30. The molecule has 0 amide bonds. The minimum absolute atomic E-state index is 0.0163. The monoisotopic (exact) mass is 329 g/mol. The molecule has 1 saturated heterocycles. The number of esters is 1. The zero-order valence-corrected chi connectivity index (χ0v) is 13.3. The quantitative estimate of drug-likeness (QED) is 0.686. The van der Waals surface area contributed by atoms with E-state index >= 15 is 0 Å². The van der Waals surface area contributed by atoms with Crippen molar-refractivity contribution in [2.45, 2.75) is 26.0 Å². The molecule has 0 unspecified atom stereocenters. The summed E-state index contributed by atoms with van der Waals surface area (Å²) in [6.07, 6.45) is 1.53. The van der Waals surface area contributed by atoms with Crippen LogP contribution in [0.25, 0.3) is 0 Å². The Morgan fingerprint density at radius 1 is 1.39 bits per heavy atom. The number of hydrogen-bond donors (Lipinski definition) is 0. The molecule has 0 saturated carbocycles. The zero-order valence-electron chi connectivity index (χ0n) is 13.3. The summed E-state index contributed by atoms with van der Waals surface area (Å²) in [5, 5.41) is 0. The first kappa shape index (κ1) is 17.5. The SMILES string of the molecule is COc1cc(CN(C)CC[C@@H]2CCOC2=O)ccc1OC(F)F. The number of halogens is 2. The molecular weight excluding hydrogens is 308 g/mol. The highest BCUT2D eigenvalue weighted by Gasteiger charge is 2.26. The summed E-state index contributed by atoms with van der Waals surface area (Å²) >= 11 is 0. The van der Waals surface area contributed by atoms with E-state index in [-0.39, 0.29) is 23.4 Å². The molecule has 0 N–H and O–H groups in total. The number of nitrogens with zero attached hydrogens (tertiary/aromatic N) is 1. The van der Waals surface area contributed by atoms with Crippen LogP contribution in [0.15, 0.2) is 18.2 Å². The average molecular weight is 329 g/mol. The van der Waals surface area contributed by atoms with Crippen LogP contribution >= 0.6 is 0 Å². The molecule has 0 spiro atoms. The van der Waals surface area contributed by atoms with Gasteiger partial charge in [0.25, 0.3) is 0 Å². The van der Waals surface area contributed by atoms with Crippen molar-refractivity contribution in [3.8, 4) is 11.5 Å². The molecule has 0 aromatic heterocycles. The van der Waals surface area contributed by atoms with E-state index in [0.717, 1.165) is 24.9 Å². The second-order valence-corrected chi connectivity index (χ2v) is 5.54. The van der Waals surface area contributed by atoms with Gasteiger partial charge < -0.3 is 19.1 Å². The Morgan fingerprint density at radius 2 is 2.17 bits per heavy atom. The number of methoxy groups -OCH3 is 1. The summed E-state index contributed by atoms with van der Waals surface area (Å²) in [7, 11) is 3.35. The summed E-state index contributed by atoms with van der Waals surface area (Å²) < 4.78 is 39.0. The van der Waals surface area contributed by atoms with Gasteiger partial charge in [-0.3, -0.25) is 4.79 Å². The Labute approximate surface area is 134 Å². The third kappa shape index (κ3) is 5.06. The Balaban J connectivity index is 1.89. The lowest BCUT2D eigenvalue weighted by molar-refractivity contribution is -0.141. The van der Waals surface area contributed by atoms with Crippen LogP contribution in [0.1, 0.15) is 18.4 Å². The Bertz CT molecular complexity index is 539. The number of hydrogen-bond acceptors (Lipinski definition) is 5. The van der Waals surface area contributed by atoms with Crippen LogP contribution in [0.5, 0.6) is 11.5 Å². The molecule has 1 fully saturated rings. The first-order valence-electron chi connectivity index (χ1n) is 7.46. The fraction of sp³-hybridized carbons (Fsp3) is 0.562. The summed E-state index contributed by atoms with van der Waals surface area (Å²) in [5.41, 5.74) is 0.917. The molecule has 1 aromatic rings. The van der Waals surface area contributed by atoms with Crippen LogP contribution in [0.4, 0.5) is 8.78 Å². The molecule has 7 heteroatoms. The van der Waals surface area contributed by atoms with Gasteiger partial charge in [0.2, 0.25) is 0 Å². The van der Waals surface area contributed by atoms with Crippen LogP contribution in [0.2, 0.25) is 0 Å². The van der Waals surface area contributed by atoms with Crippen LogP contribution < -0.4 is 9.47 Å². The van der Waals surface area contributed by atoms with Crippen molar-refractivity contribution < 1.29 is 27.8 Å². The van der Waals surface area contributed by atoms with E-state index in [1.54, 1.807) is 12.1 Å². The summed E-state index contributed by atoms with van der Waals surface area (Å²) in [4.78, 5) is 13.5. The van der Waals surface area contributed by atoms with E-state index in [1.165, 1.54) is 13.2 Å². The maximum Gasteiger partial charge on any atom is 0.387 e. The predicted molar refractivity (Wildman–Crippen MR) is 79.6 cm³/mol. The highest BCUT2D eigenvalue weighted by molar-refractivity contribution is 5.74. The molecule has 0 aliphatic carbocycles. The molecule has 5 nitrogen and oxygen atoms in total. The summed E-state index contributed by atoms with van der Waals surface area (Å²) in [5.74, 6) is 0.153. The molecule has 128 valence electrons. The van der Waals surface area contributed by atoms with Crippen molar-refractivity contribution in [2.75, 3.05) is 27.3 Å². The molecule has 1 aliphatic rings. The van der Waals surface area contributed by atoms with Crippen molar-refractivity contribution in [1.82, 2.24) is 4.90 Å². The van der Waals surface area contributed by atoms with E-state index in [1.807, 2.05) is 7.05 Å². The lowest BCUT2D eigenvalue weighted by atomic mass is 10.0. The molecule has 1 aromatic carbocycles. The fourth-order valence-corrected chi connectivity index (χ4v) is 2.57. The van der Waals surface area contributed by atoms with Gasteiger partial charge in [-0.1, -0.05) is 6.07 Å². The topological polar surface area (TPSA) is 48.0 Å². The molecule has 2 rings (SSSR count). The minimum Gasteiger partial charge on any atom is -0.493 e. The molecule has 23 heavy (non-hydrogen) atoms. The standard InChI is InChI=1S/C16H21F2NO4/c1-19(7-5-12-6-8-22-15(12)20)10-11-3-4-13(23-16(17)18)14(9-11)21-2/h3-4,9,12,16H,5-8,10H2,1-2H3/t12-/m1/s1. The fourth-order valence-electron chi connectivity index (χ4n) is 2.57. The molecule has 1 heterocycles. The smallest absolute Gasteiger partial charge is 0.387 e. The zero-order chi connectivity index (χ0) is 16.8. The van der Waals surface area contributed by atoms with E-state index < -0.39 is 6.61 Å². The minimum atomic E-state index is -2.89. The lowest BCUT2D eigenvalue weighted by Gasteiger charge is -2.19. The Morgan fingerprint density at radius 3 is 2.78 bits per heavy atom. The van der Waals surface area contributed by atoms with Gasteiger partial charge in [-0.05, 0) is 44.1 Å². The Hall–Kier alpha value is -1.89. The van der Waals surface area contributed by atoms with Crippen molar-refractivity contribution >= 4 is 5.97 Å². The number of carbonyl (C=O) groups excluding carboxylic acids is 1. The Kier molecular flexibility index (Phi) is 6.15. The maximum absolute atomic E-state index is 12.3. The second kappa shape index (κ2) is 8.10. The van der Waals surface area contributed by atoms with Gasteiger partial charge in [0.15, 0.2) is 11.5 Å². The van der Waals surface area contributed by atoms with Gasteiger partial charge in [-0.25, -0.2) is 0 Å². The van der Waals surface area contributed by atoms with Gasteiger partial charge in [-0.2, -0.15) is 8.78 Å². The first-order valence-corrected chi connectivity index (χ1v) is 7.46.